The van der Waals surface area contributed by atoms with Crippen molar-refractivity contribution in [2.75, 3.05) is 20.3 Å². The first-order chi connectivity index (χ1) is 10.6. The molecule has 1 fully saturated rings. The van der Waals surface area contributed by atoms with Gasteiger partial charge in [-0.05, 0) is 19.4 Å². The molecule has 1 unspecified atom stereocenters. The van der Waals surface area contributed by atoms with Crippen LogP contribution in [-0.4, -0.2) is 40.8 Å². The van der Waals surface area contributed by atoms with Gasteiger partial charge in [0.25, 0.3) is 5.91 Å². The van der Waals surface area contributed by atoms with Crippen molar-refractivity contribution >= 4 is 5.91 Å². The van der Waals surface area contributed by atoms with Gasteiger partial charge in [0.15, 0.2) is 0 Å². The second kappa shape index (κ2) is 5.96. The number of amides is 1. The van der Waals surface area contributed by atoms with Crippen molar-refractivity contribution in [1.82, 2.24) is 14.7 Å². The number of rotatable bonds is 4. The quantitative estimate of drug-likeness (QED) is 0.868. The van der Waals surface area contributed by atoms with E-state index in [1.165, 1.54) is 0 Å². The summed E-state index contributed by atoms with van der Waals surface area (Å²) < 4.78 is 12.4. The lowest BCUT2D eigenvalue weighted by atomic mass is 10.0. The number of carbonyl (C=O) groups is 1. The highest BCUT2D eigenvalue weighted by Gasteiger charge is 2.28. The molecule has 0 bridgehead atoms. The van der Waals surface area contributed by atoms with Crippen LogP contribution in [-0.2, 0) is 18.3 Å². The molecule has 1 amide bonds. The summed E-state index contributed by atoms with van der Waals surface area (Å²) in [6.45, 7) is 3.80. The molecule has 0 spiro atoms. The molecule has 118 valence electrons. The fraction of sp³-hybridized carbons (Fsp3) is 0.500. The second-order valence-corrected chi connectivity index (χ2v) is 5.83. The molecule has 0 radical (unpaired) electrons. The molecule has 2 aromatic rings. The van der Waals surface area contributed by atoms with E-state index >= 15 is 0 Å². The van der Waals surface area contributed by atoms with E-state index in [1.807, 2.05) is 20.0 Å². The second-order valence-electron chi connectivity index (χ2n) is 5.83. The van der Waals surface area contributed by atoms with Crippen LogP contribution < -0.4 is 0 Å². The fourth-order valence-corrected chi connectivity index (χ4v) is 2.83. The van der Waals surface area contributed by atoms with Gasteiger partial charge in [-0.15, -0.1) is 0 Å². The number of furan rings is 1. The Morgan fingerprint density at radius 2 is 2.36 bits per heavy atom. The first kappa shape index (κ1) is 14.8. The molecular weight excluding hydrogens is 282 g/mol. The van der Waals surface area contributed by atoms with Crippen molar-refractivity contribution in [3.63, 3.8) is 0 Å². The van der Waals surface area contributed by atoms with E-state index in [1.54, 1.807) is 29.1 Å². The van der Waals surface area contributed by atoms with Gasteiger partial charge in [-0.25, -0.2) is 0 Å². The third-order valence-electron chi connectivity index (χ3n) is 4.12. The maximum atomic E-state index is 12.8. The first-order valence-electron chi connectivity index (χ1n) is 7.46. The van der Waals surface area contributed by atoms with Crippen molar-refractivity contribution in [3.05, 3.63) is 41.1 Å². The summed E-state index contributed by atoms with van der Waals surface area (Å²) in [5, 5.41) is 4.48. The van der Waals surface area contributed by atoms with Crippen LogP contribution in [0, 0.1) is 6.92 Å². The van der Waals surface area contributed by atoms with Crippen LogP contribution in [0.15, 0.2) is 22.9 Å². The van der Waals surface area contributed by atoms with Crippen molar-refractivity contribution in [2.45, 2.75) is 25.8 Å². The zero-order chi connectivity index (χ0) is 15.7. The summed E-state index contributed by atoms with van der Waals surface area (Å²) in [6, 6.07) is 1.90. The van der Waals surface area contributed by atoms with Crippen LogP contribution >= 0.6 is 0 Å². The van der Waals surface area contributed by atoms with Crippen LogP contribution in [0.1, 0.15) is 39.7 Å². The van der Waals surface area contributed by atoms with Gasteiger partial charge in [-0.2, -0.15) is 5.10 Å². The van der Waals surface area contributed by atoms with E-state index in [9.17, 15) is 4.79 Å². The Morgan fingerprint density at radius 3 is 3.00 bits per heavy atom. The van der Waals surface area contributed by atoms with Gasteiger partial charge < -0.3 is 14.1 Å². The maximum absolute atomic E-state index is 12.8. The predicted octanol–water partition coefficient (Wildman–Crippen LogP) is 2.10. The molecule has 22 heavy (non-hydrogen) atoms. The normalized spacial score (nSPS) is 17.9. The SMILES string of the molecule is Cc1occc1CN(C)C(=O)c1cn(C)nc1C1CCOC1. The smallest absolute Gasteiger partial charge is 0.257 e. The number of aryl methyl sites for hydroxylation is 2. The van der Waals surface area contributed by atoms with Crippen molar-refractivity contribution in [3.8, 4) is 0 Å². The summed E-state index contributed by atoms with van der Waals surface area (Å²) in [5.41, 5.74) is 2.54. The molecule has 3 heterocycles. The lowest BCUT2D eigenvalue weighted by Crippen LogP contribution is -2.27. The molecule has 6 heteroatoms. The van der Waals surface area contributed by atoms with Crippen molar-refractivity contribution in [1.29, 1.82) is 0 Å². The Labute approximate surface area is 129 Å². The Morgan fingerprint density at radius 1 is 1.55 bits per heavy atom. The number of nitrogens with zero attached hydrogens (tertiary/aromatic N) is 3. The average molecular weight is 303 g/mol. The van der Waals surface area contributed by atoms with Crippen LogP contribution in [0.25, 0.3) is 0 Å². The van der Waals surface area contributed by atoms with Gasteiger partial charge in [0, 0.05) is 44.9 Å². The van der Waals surface area contributed by atoms with Crippen LogP contribution in [0.4, 0.5) is 0 Å². The zero-order valence-corrected chi connectivity index (χ0v) is 13.2. The molecule has 1 atom stereocenters. The third-order valence-corrected chi connectivity index (χ3v) is 4.12. The van der Waals surface area contributed by atoms with Crippen molar-refractivity contribution < 1.29 is 13.9 Å². The van der Waals surface area contributed by atoms with E-state index in [0.29, 0.717) is 18.7 Å². The predicted molar refractivity (Wildman–Crippen MR) is 80.6 cm³/mol. The minimum absolute atomic E-state index is 0.0180. The Kier molecular flexibility index (Phi) is 4.02. The number of ether oxygens (including phenoxy) is 1. The van der Waals surface area contributed by atoms with Gasteiger partial charge in [0.2, 0.25) is 0 Å². The Hall–Kier alpha value is -2.08. The summed E-state index contributed by atoms with van der Waals surface area (Å²) in [4.78, 5) is 14.5. The third kappa shape index (κ3) is 2.78. The van der Waals surface area contributed by atoms with Gasteiger partial charge in [0.05, 0.1) is 24.1 Å². The van der Waals surface area contributed by atoms with E-state index in [2.05, 4.69) is 5.10 Å². The molecule has 2 aromatic heterocycles. The van der Waals surface area contributed by atoms with Gasteiger partial charge in [-0.1, -0.05) is 0 Å². The molecule has 0 saturated carbocycles. The monoisotopic (exact) mass is 303 g/mol. The van der Waals surface area contributed by atoms with Crippen molar-refractivity contribution in [2.24, 2.45) is 7.05 Å². The lowest BCUT2D eigenvalue weighted by Gasteiger charge is -2.17. The topological polar surface area (TPSA) is 60.5 Å². The van der Waals surface area contributed by atoms with Gasteiger partial charge in [-0.3, -0.25) is 9.48 Å². The lowest BCUT2D eigenvalue weighted by molar-refractivity contribution is 0.0783. The standard InChI is InChI=1S/C16H21N3O3/c1-11-12(5-7-22-11)8-18(2)16(20)14-9-19(3)17-15(14)13-4-6-21-10-13/h5,7,9,13H,4,6,8,10H2,1-3H3. The summed E-state index contributed by atoms with van der Waals surface area (Å²) >= 11 is 0. The number of hydrogen-bond acceptors (Lipinski definition) is 4. The van der Waals surface area contributed by atoms with E-state index in [0.717, 1.165) is 30.0 Å². The number of hydrogen-bond donors (Lipinski definition) is 0. The van der Waals surface area contributed by atoms with Crippen LogP contribution in [0.5, 0.6) is 0 Å². The highest BCUT2D eigenvalue weighted by Crippen LogP contribution is 2.27. The molecule has 1 aliphatic heterocycles. The summed E-state index contributed by atoms with van der Waals surface area (Å²) in [6.07, 6.45) is 4.37. The molecule has 1 saturated heterocycles. The molecule has 0 aliphatic carbocycles. The highest BCUT2D eigenvalue weighted by atomic mass is 16.5. The van der Waals surface area contributed by atoms with Crippen LogP contribution in [0.3, 0.4) is 0 Å². The highest BCUT2D eigenvalue weighted by molar-refractivity contribution is 5.95. The van der Waals surface area contributed by atoms with Gasteiger partial charge >= 0.3 is 0 Å². The Balaban J connectivity index is 1.80. The molecule has 0 aromatic carbocycles. The number of carbonyl (C=O) groups excluding carboxylic acids is 1. The zero-order valence-electron chi connectivity index (χ0n) is 13.2. The molecule has 6 nitrogen and oxygen atoms in total. The fourth-order valence-electron chi connectivity index (χ4n) is 2.83. The van der Waals surface area contributed by atoms with Gasteiger partial charge in [0.1, 0.15) is 5.76 Å². The van der Waals surface area contributed by atoms with E-state index < -0.39 is 0 Å². The average Bonchev–Trinajstić information content (AvgIpc) is 3.20. The molecule has 1 aliphatic rings. The first-order valence-corrected chi connectivity index (χ1v) is 7.46. The van der Waals surface area contributed by atoms with E-state index in [4.69, 9.17) is 9.15 Å². The Bertz CT molecular complexity index is 668. The van der Waals surface area contributed by atoms with E-state index in [-0.39, 0.29) is 11.8 Å². The number of aromatic nitrogens is 2. The van der Waals surface area contributed by atoms with Crippen LogP contribution in [0.2, 0.25) is 0 Å². The minimum Gasteiger partial charge on any atom is -0.469 e. The molecule has 3 rings (SSSR count). The summed E-state index contributed by atoms with van der Waals surface area (Å²) in [5.74, 6) is 1.04. The largest absolute Gasteiger partial charge is 0.469 e. The minimum atomic E-state index is -0.0180. The molecule has 0 N–H and O–H groups in total. The summed E-state index contributed by atoms with van der Waals surface area (Å²) in [7, 11) is 3.65. The maximum Gasteiger partial charge on any atom is 0.257 e. The molecular formula is C16H21N3O3.